The standard InChI is InChI=1S/C17H24NO4P/c1-12(2)21-23(20,22-13(3)4)10-9-17(19)15-11-18-16-8-6-5-7-14(15)16/h5-8,11-13,18H,9-10H2,1-4H3. The van der Waals surface area contributed by atoms with E-state index in [1.54, 1.807) is 33.9 Å². The quantitative estimate of drug-likeness (QED) is 0.556. The number of aromatic nitrogens is 1. The van der Waals surface area contributed by atoms with Gasteiger partial charge in [0.1, 0.15) is 0 Å². The average Bonchev–Trinajstić information content (AvgIpc) is 2.87. The van der Waals surface area contributed by atoms with Crippen LogP contribution in [0.5, 0.6) is 0 Å². The van der Waals surface area contributed by atoms with Crippen LogP contribution in [0.4, 0.5) is 0 Å². The van der Waals surface area contributed by atoms with Crippen molar-refractivity contribution in [2.24, 2.45) is 0 Å². The molecule has 0 atom stereocenters. The van der Waals surface area contributed by atoms with Crippen molar-refractivity contribution < 1.29 is 18.4 Å². The molecule has 6 heteroatoms. The predicted octanol–water partition coefficient (Wildman–Crippen LogP) is 4.78. The van der Waals surface area contributed by atoms with E-state index in [0.29, 0.717) is 5.56 Å². The van der Waals surface area contributed by atoms with Gasteiger partial charge in [-0.25, -0.2) is 0 Å². The first-order valence-corrected chi connectivity index (χ1v) is 9.59. The Hall–Kier alpha value is -1.42. The van der Waals surface area contributed by atoms with Crippen LogP contribution in [0.15, 0.2) is 30.5 Å². The summed E-state index contributed by atoms with van der Waals surface area (Å²) in [7, 11) is -3.28. The number of H-pyrrole nitrogens is 1. The maximum Gasteiger partial charge on any atom is 0.331 e. The normalized spacial score (nSPS) is 12.4. The zero-order chi connectivity index (χ0) is 17.0. The first kappa shape index (κ1) is 17.9. The first-order valence-electron chi connectivity index (χ1n) is 7.86. The van der Waals surface area contributed by atoms with Crippen molar-refractivity contribution >= 4 is 24.3 Å². The van der Waals surface area contributed by atoms with Gasteiger partial charge < -0.3 is 14.0 Å². The Balaban J connectivity index is 2.11. The van der Waals surface area contributed by atoms with Gasteiger partial charge in [0.2, 0.25) is 0 Å². The van der Waals surface area contributed by atoms with E-state index in [4.69, 9.17) is 9.05 Å². The third-order valence-corrected chi connectivity index (χ3v) is 5.50. The monoisotopic (exact) mass is 337 g/mol. The molecule has 1 N–H and O–H groups in total. The van der Waals surface area contributed by atoms with Gasteiger partial charge in [0.25, 0.3) is 0 Å². The lowest BCUT2D eigenvalue weighted by molar-refractivity contribution is 0.0979. The summed E-state index contributed by atoms with van der Waals surface area (Å²) >= 11 is 0. The molecule has 0 radical (unpaired) electrons. The second-order valence-corrected chi connectivity index (χ2v) is 8.15. The molecule has 0 amide bonds. The molecule has 0 fully saturated rings. The van der Waals surface area contributed by atoms with Crippen molar-refractivity contribution in [3.63, 3.8) is 0 Å². The Bertz CT molecular complexity index is 706. The van der Waals surface area contributed by atoms with Gasteiger partial charge in [-0.2, -0.15) is 0 Å². The minimum Gasteiger partial charge on any atom is -0.360 e. The van der Waals surface area contributed by atoms with Crippen molar-refractivity contribution in [3.8, 4) is 0 Å². The molecule has 0 aliphatic carbocycles. The summed E-state index contributed by atoms with van der Waals surface area (Å²) < 4.78 is 23.7. The average molecular weight is 337 g/mol. The summed E-state index contributed by atoms with van der Waals surface area (Å²) in [5.41, 5.74) is 1.53. The largest absolute Gasteiger partial charge is 0.360 e. The second-order valence-electron chi connectivity index (χ2n) is 6.06. The maximum absolute atomic E-state index is 12.8. The van der Waals surface area contributed by atoms with Crippen LogP contribution < -0.4 is 0 Å². The number of benzene rings is 1. The van der Waals surface area contributed by atoms with E-state index < -0.39 is 7.60 Å². The number of hydrogen-bond donors (Lipinski definition) is 1. The molecule has 5 nitrogen and oxygen atoms in total. The molecule has 0 bridgehead atoms. The zero-order valence-corrected chi connectivity index (χ0v) is 14.9. The molecule has 2 rings (SSSR count). The lowest BCUT2D eigenvalue weighted by atomic mass is 10.1. The van der Waals surface area contributed by atoms with E-state index in [2.05, 4.69) is 4.98 Å². The fraction of sp³-hybridized carbons (Fsp3) is 0.471. The van der Waals surface area contributed by atoms with Crippen LogP contribution in [-0.2, 0) is 13.6 Å². The fourth-order valence-corrected chi connectivity index (χ4v) is 4.47. The highest BCUT2D eigenvalue weighted by Crippen LogP contribution is 2.51. The molecule has 0 aliphatic rings. The highest BCUT2D eigenvalue weighted by atomic mass is 31.2. The molecule has 126 valence electrons. The Morgan fingerprint density at radius 2 is 1.74 bits per heavy atom. The third-order valence-electron chi connectivity index (χ3n) is 3.25. The van der Waals surface area contributed by atoms with E-state index in [-0.39, 0.29) is 30.6 Å². The molecule has 0 aliphatic heterocycles. The van der Waals surface area contributed by atoms with Gasteiger partial charge in [0, 0.05) is 29.1 Å². The van der Waals surface area contributed by atoms with Gasteiger partial charge >= 0.3 is 7.60 Å². The van der Waals surface area contributed by atoms with Crippen molar-refractivity contribution in [2.75, 3.05) is 6.16 Å². The van der Waals surface area contributed by atoms with Gasteiger partial charge in [-0.15, -0.1) is 0 Å². The van der Waals surface area contributed by atoms with Crippen LogP contribution in [0, 0.1) is 0 Å². The van der Waals surface area contributed by atoms with Crippen molar-refractivity contribution in [1.29, 1.82) is 0 Å². The van der Waals surface area contributed by atoms with Crippen LogP contribution in [0.3, 0.4) is 0 Å². The van der Waals surface area contributed by atoms with Gasteiger partial charge in [-0.05, 0) is 33.8 Å². The molecule has 1 heterocycles. The van der Waals surface area contributed by atoms with Crippen LogP contribution in [-0.4, -0.2) is 29.1 Å². The van der Waals surface area contributed by atoms with Gasteiger partial charge in [-0.3, -0.25) is 9.36 Å². The summed E-state index contributed by atoms with van der Waals surface area (Å²) in [5.74, 6) is -0.0672. The highest BCUT2D eigenvalue weighted by molar-refractivity contribution is 7.53. The van der Waals surface area contributed by atoms with Crippen molar-refractivity contribution in [1.82, 2.24) is 4.98 Å². The summed E-state index contributed by atoms with van der Waals surface area (Å²) in [5, 5.41) is 0.877. The minimum atomic E-state index is -3.28. The predicted molar refractivity (Wildman–Crippen MR) is 92.2 cm³/mol. The number of hydrogen-bond acceptors (Lipinski definition) is 4. The molecule has 1 aromatic carbocycles. The molecular weight excluding hydrogens is 313 g/mol. The topological polar surface area (TPSA) is 68.4 Å². The summed E-state index contributed by atoms with van der Waals surface area (Å²) in [6.45, 7) is 7.21. The lowest BCUT2D eigenvalue weighted by Crippen LogP contribution is -2.12. The maximum atomic E-state index is 12.8. The van der Waals surface area contributed by atoms with Crippen LogP contribution in [0.25, 0.3) is 10.9 Å². The van der Waals surface area contributed by atoms with Crippen LogP contribution in [0.2, 0.25) is 0 Å². The van der Waals surface area contributed by atoms with E-state index in [0.717, 1.165) is 10.9 Å². The smallest absolute Gasteiger partial charge is 0.331 e. The molecule has 23 heavy (non-hydrogen) atoms. The van der Waals surface area contributed by atoms with Crippen LogP contribution in [0.1, 0.15) is 44.5 Å². The van der Waals surface area contributed by atoms with Gasteiger partial charge in [0.05, 0.1) is 18.4 Å². The lowest BCUT2D eigenvalue weighted by Gasteiger charge is -2.22. The second kappa shape index (κ2) is 7.43. The van der Waals surface area contributed by atoms with Crippen LogP contribution >= 0.6 is 7.60 Å². The van der Waals surface area contributed by atoms with Gasteiger partial charge in [0.15, 0.2) is 5.78 Å². The Morgan fingerprint density at radius 3 is 2.35 bits per heavy atom. The SMILES string of the molecule is CC(C)OP(=O)(CCC(=O)c1c[nH]c2ccccc12)OC(C)C. The van der Waals surface area contributed by atoms with Crippen molar-refractivity contribution in [2.45, 2.75) is 46.3 Å². The fourth-order valence-electron chi connectivity index (χ4n) is 2.45. The van der Waals surface area contributed by atoms with E-state index in [1.807, 2.05) is 24.3 Å². The number of rotatable bonds is 8. The van der Waals surface area contributed by atoms with E-state index >= 15 is 0 Å². The number of carbonyl (C=O) groups is 1. The first-order chi connectivity index (χ1) is 10.8. The molecule has 0 spiro atoms. The molecular formula is C17H24NO4P. The number of ketones is 1. The number of para-hydroxylation sites is 1. The minimum absolute atomic E-state index is 0.0672. The number of fused-ring (bicyclic) bond motifs is 1. The number of carbonyl (C=O) groups excluding carboxylic acids is 1. The summed E-state index contributed by atoms with van der Waals surface area (Å²) in [4.78, 5) is 15.6. The number of aromatic amines is 1. The molecule has 0 unspecified atom stereocenters. The molecule has 2 aromatic rings. The Labute approximate surface area is 136 Å². The molecule has 1 aromatic heterocycles. The molecule has 0 saturated heterocycles. The Kier molecular flexibility index (Phi) is 5.79. The van der Waals surface area contributed by atoms with E-state index in [1.165, 1.54) is 0 Å². The Morgan fingerprint density at radius 1 is 1.13 bits per heavy atom. The third kappa shape index (κ3) is 4.77. The van der Waals surface area contributed by atoms with Crippen molar-refractivity contribution in [3.05, 3.63) is 36.0 Å². The molecule has 0 saturated carbocycles. The van der Waals surface area contributed by atoms with Gasteiger partial charge in [-0.1, -0.05) is 18.2 Å². The summed E-state index contributed by atoms with van der Waals surface area (Å²) in [6, 6.07) is 7.62. The number of Topliss-reactive ketones (excluding diaryl/α,β-unsaturated/α-hetero) is 1. The summed E-state index contributed by atoms with van der Waals surface area (Å²) in [6.07, 6.45) is 1.47. The van der Waals surface area contributed by atoms with E-state index in [9.17, 15) is 9.36 Å². The highest BCUT2D eigenvalue weighted by Gasteiger charge is 2.29. The number of nitrogens with one attached hydrogen (secondary N) is 1. The zero-order valence-electron chi connectivity index (χ0n) is 14.0.